The van der Waals surface area contributed by atoms with Crippen molar-refractivity contribution in [2.75, 3.05) is 32.9 Å². The van der Waals surface area contributed by atoms with Crippen LogP contribution in [0.3, 0.4) is 0 Å². The second-order valence-electron chi connectivity index (χ2n) is 4.55. The molecule has 0 spiro atoms. The zero-order chi connectivity index (χ0) is 12.1. The van der Waals surface area contributed by atoms with Crippen molar-refractivity contribution in [1.29, 1.82) is 0 Å². The van der Waals surface area contributed by atoms with Crippen LogP contribution in [0.2, 0.25) is 0 Å². The second-order valence-corrected chi connectivity index (χ2v) is 4.55. The molecule has 1 aliphatic rings. The number of nitrogens with zero attached hydrogens (tertiary/aromatic N) is 1. The summed E-state index contributed by atoms with van der Waals surface area (Å²) in [6.07, 6.45) is 1.04. The Balaban J connectivity index is 2.10. The molecule has 3 heteroatoms. The number of nitrogens with one attached hydrogen (secondary N) is 1. The summed E-state index contributed by atoms with van der Waals surface area (Å²) in [7, 11) is 0. The maximum Gasteiger partial charge on any atom is 0.109 e. The normalized spacial score (nSPS) is 19.2. The highest BCUT2D eigenvalue weighted by Gasteiger charge is 2.21. The van der Waals surface area contributed by atoms with Crippen LogP contribution < -0.4 is 5.32 Å². The van der Waals surface area contributed by atoms with Crippen molar-refractivity contribution in [2.45, 2.75) is 19.4 Å². The lowest BCUT2D eigenvalue weighted by Gasteiger charge is -2.33. The zero-order valence-corrected chi connectivity index (χ0v) is 10.5. The SMILES string of the molecule is CCc1ccc([C@@H](CF)N2CCNCC2)cc1. The summed E-state index contributed by atoms with van der Waals surface area (Å²) >= 11 is 0. The van der Waals surface area contributed by atoms with Crippen LogP contribution in [-0.2, 0) is 6.42 Å². The van der Waals surface area contributed by atoms with Crippen molar-refractivity contribution < 1.29 is 4.39 Å². The Morgan fingerprint density at radius 3 is 2.41 bits per heavy atom. The van der Waals surface area contributed by atoms with Crippen molar-refractivity contribution in [1.82, 2.24) is 10.2 Å². The number of aryl methyl sites for hydroxylation is 1. The highest BCUT2D eigenvalue weighted by Crippen LogP contribution is 2.22. The molecule has 0 saturated carbocycles. The van der Waals surface area contributed by atoms with Gasteiger partial charge in [-0.25, -0.2) is 4.39 Å². The molecule has 0 amide bonds. The molecule has 1 atom stereocenters. The van der Waals surface area contributed by atoms with Gasteiger partial charge in [-0.3, -0.25) is 4.90 Å². The number of alkyl halides is 1. The van der Waals surface area contributed by atoms with E-state index in [4.69, 9.17) is 0 Å². The monoisotopic (exact) mass is 236 g/mol. The van der Waals surface area contributed by atoms with Crippen LogP contribution in [-0.4, -0.2) is 37.8 Å². The van der Waals surface area contributed by atoms with Crippen molar-refractivity contribution in [3.05, 3.63) is 35.4 Å². The molecule has 0 aromatic heterocycles. The van der Waals surface area contributed by atoms with Crippen LogP contribution in [0.4, 0.5) is 4.39 Å². The Morgan fingerprint density at radius 2 is 1.88 bits per heavy atom. The molecule has 1 heterocycles. The molecule has 1 saturated heterocycles. The molecule has 94 valence electrons. The van der Waals surface area contributed by atoms with Gasteiger partial charge in [-0.15, -0.1) is 0 Å². The molecule has 0 radical (unpaired) electrons. The fourth-order valence-corrected chi connectivity index (χ4v) is 2.37. The first kappa shape index (κ1) is 12.5. The molecule has 17 heavy (non-hydrogen) atoms. The first-order chi connectivity index (χ1) is 8.35. The van der Waals surface area contributed by atoms with Gasteiger partial charge in [0.2, 0.25) is 0 Å². The third kappa shape index (κ3) is 3.05. The topological polar surface area (TPSA) is 15.3 Å². The molecule has 0 bridgehead atoms. The lowest BCUT2D eigenvalue weighted by atomic mass is 10.0. The van der Waals surface area contributed by atoms with E-state index in [1.165, 1.54) is 5.56 Å². The van der Waals surface area contributed by atoms with Crippen LogP contribution in [0.25, 0.3) is 0 Å². The quantitative estimate of drug-likeness (QED) is 0.862. The summed E-state index contributed by atoms with van der Waals surface area (Å²) < 4.78 is 13.2. The van der Waals surface area contributed by atoms with Gasteiger partial charge in [-0.2, -0.15) is 0 Å². The van der Waals surface area contributed by atoms with E-state index >= 15 is 0 Å². The van der Waals surface area contributed by atoms with E-state index in [0.29, 0.717) is 0 Å². The van der Waals surface area contributed by atoms with Crippen LogP contribution in [0.1, 0.15) is 24.1 Å². The Bertz CT molecular complexity index is 331. The first-order valence-electron chi connectivity index (χ1n) is 6.44. The van der Waals surface area contributed by atoms with Crippen molar-refractivity contribution in [2.24, 2.45) is 0 Å². The van der Waals surface area contributed by atoms with Gasteiger partial charge >= 0.3 is 0 Å². The fraction of sp³-hybridized carbons (Fsp3) is 0.571. The van der Waals surface area contributed by atoms with E-state index < -0.39 is 0 Å². The van der Waals surface area contributed by atoms with E-state index in [1.807, 2.05) is 0 Å². The van der Waals surface area contributed by atoms with Gasteiger partial charge in [-0.1, -0.05) is 31.2 Å². The average Bonchev–Trinajstić information content (AvgIpc) is 2.42. The lowest BCUT2D eigenvalue weighted by Crippen LogP contribution is -2.45. The van der Waals surface area contributed by atoms with Gasteiger partial charge in [0.25, 0.3) is 0 Å². The minimum Gasteiger partial charge on any atom is -0.314 e. The van der Waals surface area contributed by atoms with Crippen LogP contribution >= 0.6 is 0 Å². The fourth-order valence-electron chi connectivity index (χ4n) is 2.37. The van der Waals surface area contributed by atoms with Gasteiger partial charge in [0.1, 0.15) is 6.67 Å². The molecule has 2 rings (SSSR count). The number of rotatable bonds is 4. The molecule has 1 aromatic carbocycles. The summed E-state index contributed by atoms with van der Waals surface area (Å²) in [5, 5.41) is 3.30. The van der Waals surface area contributed by atoms with Gasteiger partial charge in [-0.05, 0) is 17.5 Å². The lowest BCUT2D eigenvalue weighted by molar-refractivity contribution is 0.147. The van der Waals surface area contributed by atoms with E-state index in [1.54, 1.807) is 0 Å². The smallest absolute Gasteiger partial charge is 0.109 e. The summed E-state index contributed by atoms with van der Waals surface area (Å²) in [5.41, 5.74) is 2.42. The third-order valence-electron chi connectivity index (χ3n) is 3.51. The number of hydrogen-bond acceptors (Lipinski definition) is 2. The standard InChI is InChI=1S/C14H21FN2/c1-2-12-3-5-13(6-4-12)14(11-15)17-9-7-16-8-10-17/h3-6,14,16H,2,7-11H2,1H3/t14-/m1/s1. The minimum atomic E-state index is -0.300. The molecular formula is C14H21FN2. The van der Waals surface area contributed by atoms with Crippen molar-refractivity contribution >= 4 is 0 Å². The van der Waals surface area contributed by atoms with Crippen LogP contribution in [0.5, 0.6) is 0 Å². The number of benzene rings is 1. The molecular weight excluding hydrogens is 215 g/mol. The summed E-state index contributed by atoms with van der Waals surface area (Å²) in [4.78, 5) is 2.23. The highest BCUT2D eigenvalue weighted by molar-refractivity contribution is 5.25. The largest absolute Gasteiger partial charge is 0.314 e. The van der Waals surface area contributed by atoms with E-state index in [9.17, 15) is 4.39 Å². The summed E-state index contributed by atoms with van der Waals surface area (Å²) in [6, 6.07) is 8.30. The average molecular weight is 236 g/mol. The Kier molecular flexibility index (Phi) is 4.51. The minimum absolute atomic E-state index is 0.0667. The number of piperazine rings is 1. The maximum absolute atomic E-state index is 13.2. The predicted molar refractivity (Wildman–Crippen MR) is 69.0 cm³/mol. The number of hydrogen-bond donors (Lipinski definition) is 1. The Labute approximate surface area is 103 Å². The van der Waals surface area contributed by atoms with Crippen molar-refractivity contribution in [3.63, 3.8) is 0 Å². The second kappa shape index (κ2) is 6.12. The maximum atomic E-state index is 13.2. The van der Waals surface area contributed by atoms with Gasteiger partial charge in [0, 0.05) is 26.2 Å². The molecule has 1 fully saturated rings. The van der Waals surface area contributed by atoms with Crippen LogP contribution in [0.15, 0.2) is 24.3 Å². The first-order valence-corrected chi connectivity index (χ1v) is 6.44. The Morgan fingerprint density at radius 1 is 1.24 bits per heavy atom. The van der Waals surface area contributed by atoms with Gasteiger partial charge < -0.3 is 5.32 Å². The Hall–Kier alpha value is -0.930. The molecule has 2 nitrogen and oxygen atoms in total. The molecule has 1 aliphatic heterocycles. The highest BCUT2D eigenvalue weighted by atomic mass is 19.1. The third-order valence-corrected chi connectivity index (χ3v) is 3.51. The van der Waals surface area contributed by atoms with Crippen molar-refractivity contribution in [3.8, 4) is 0 Å². The molecule has 1 N–H and O–H groups in total. The summed E-state index contributed by atoms with van der Waals surface area (Å²) in [6.45, 7) is 5.63. The number of halogens is 1. The van der Waals surface area contributed by atoms with E-state index in [2.05, 4.69) is 41.4 Å². The molecule has 0 unspecified atom stereocenters. The molecule has 0 aliphatic carbocycles. The van der Waals surface area contributed by atoms with E-state index in [-0.39, 0.29) is 12.7 Å². The predicted octanol–water partition coefficient (Wildman–Crippen LogP) is 2.16. The van der Waals surface area contributed by atoms with E-state index in [0.717, 1.165) is 38.2 Å². The molecule has 1 aromatic rings. The van der Waals surface area contributed by atoms with Crippen LogP contribution in [0, 0.1) is 0 Å². The van der Waals surface area contributed by atoms with Gasteiger partial charge in [0.15, 0.2) is 0 Å². The summed E-state index contributed by atoms with van der Waals surface area (Å²) in [5.74, 6) is 0. The van der Waals surface area contributed by atoms with Gasteiger partial charge in [0.05, 0.1) is 6.04 Å². The zero-order valence-electron chi connectivity index (χ0n) is 10.5.